The Kier molecular flexibility index (Phi) is 6.00. The van der Waals surface area contributed by atoms with Gasteiger partial charge in [0.15, 0.2) is 12.4 Å². The maximum atomic E-state index is 12.0. The van der Waals surface area contributed by atoms with Crippen molar-refractivity contribution in [2.45, 2.75) is 33.3 Å². The Morgan fingerprint density at radius 3 is 2.96 bits per heavy atom. The fourth-order valence-electron chi connectivity index (χ4n) is 2.28. The van der Waals surface area contributed by atoms with E-state index in [1.165, 1.54) is 11.3 Å². The van der Waals surface area contributed by atoms with E-state index in [4.69, 9.17) is 20.9 Å². The molecule has 0 saturated carbocycles. The minimum Gasteiger partial charge on any atom is -0.455 e. The number of halogens is 1. The third-order valence-corrected chi connectivity index (χ3v) is 4.58. The van der Waals surface area contributed by atoms with Gasteiger partial charge in [-0.15, -0.1) is 11.3 Å². The van der Waals surface area contributed by atoms with Crippen molar-refractivity contribution in [2.24, 2.45) is 5.92 Å². The van der Waals surface area contributed by atoms with Crippen LogP contribution in [0, 0.1) is 5.92 Å². The first kappa shape index (κ1) is 18.5. The SMILES string of the molecule is CC(C)Cc1noc(COC(=O)Cc2csc(-c3cccc(Cl)c3)n2)n1. The molecule has 0 unspecified atom stereocenters. The van der Waals surface area contributed by atoms with Crippen molar-refractivity contribution in [1.82, 2.24) is 15.1 Å². The minimum atomic E-state index is -0.392. The van der Waals surface area contributed by atoms with Crippen LogP contribution in [0.15, 0.2) is 34.2 Å². The monoisotopic (exact) mass is 391 g/mol. The molecular formula is C18H18ClN3O3S. The van der Waals surface area contributed by atoms with Crippen LogP contribution < -0.4 is 0 Å². The molecule has 0 radical (unpaired) electrons. The summed E-state index contributed by atoms with van der Waals surface area (Å²) in [5.41, 5.74) is 1.58. The van der Waals surface area contributed by atoms with Crippen LogP contribution >= 0.6 is 22.9 Å². The summed E-state index contributed by atoms with van der Waals surface area (Å²) in [5, 5.41) is 7.16. The molecule has 0 saturated heterocycles. The number of thiazole rings is 1. The van der Waals surface area contributed by atoms with E-state index in [1.54, 1.807) is 6.07 Å². The second-order valence-electron chi connectivity index (χ2n) is 6.19. The Morgan fingerprint density at radius 1 is 1.35 bits per heavy atom. The molecule has 0 atom stereocenters. The molecule has 3 aromatic rings. The van der Waals surface area contributed by atoms with Crippen LogP contribution in [0.1, 0.15) is 31.3 Å². The van der Waals surface area contributed by atoms with Gasteiger partial charge in [0.25, 0.3) is 5.89 Å². The molecule has 136 valence electrons. The van der Waals surface area contributed by atoms with Crippen LogP contribution in [0.4, 0.5) is 0 Å². The summed E-state index contributed by atoms with van der Waals surface area (Å²) >= 11 is 7.46. The minimum absolute atomic E-state index is 0.0325. The first-order valence-corrected chi connectivity index (χ1v) is 9.43. The molecule has 8 heteroatoms. The molecular weight excluding hydrogens is 374 g/mol. The van der Waals surface area contributed by atoms with Crippen molar-refractivity contribution in [3.8, 4) is 10.6 Å². The number of hydrogen-bond acceptors (Lipinski definition) is 7. The number of hydrogen-bond donors (Lipinski definition) is 0. The first-order valence-electron chi connectivity index (χ1n) is 8.17. The zero-order chi connectivity index (χ0) is 18.5. The van der Waals surface area contributed by atoms with Gasteiger partial charge >= 0.3 is 5.97 Å². The first-order chi connectivity index (χ1) is 12.5. The van der Waals surface area contributed by atoms with E-state index >= 15 is 0 Å². The summed E-state index contributed by atoms with van der Waals surface area (Å²) in [6.45, 7) is 4.11. The normalized spacial score (nSPS) is 11.1. The van der Waals surface area contributed by atoms with Crippen LogP contribution in [0.2, 0.25) is 5.02 Å². The summed E-state index contributed by atoms with van der Waals surface area (Å²) in [4.78, 5) is 20.7. The lowest BCUT2D eigenvalue weighted by molar-refractivity contribution is -0.144. The summed E-state index contributed by atoms with van der Waals surface area (Å²) < 4.78 is 10.3. The van der Waals surface area contributed by atoms with Gasteiger partial charge in [0.1, 0.15) is 5.01 Å². The molecule has 0 aliphatic rings. The van der Waals surface area contributed by atoms with Crippen LogP contribution in [-0.4, -0.2) is 21.1 Å². The quantitative estimate of drug-likeness (QED) is 0.558. The van der Waals surface area contributed by atoms with Crippen LogP contribution in [-0.2, 0) is 29.0 Å². The molecule has 0 aliphatic carbocycles. The summed E-state index contributed by atoms with van der Waals surface area (Å²) in [7, 11) is 0. The number of ether oxygens (including phenoxy) is 1. The van der Waals surface area contributed by atoms with E-state index < -0.39 is 5.97 Å². The smallest absolute Gasteiger partial charge is 0.312 e. The fourth-order valence-corrected chi connectivity index (χ4v) is 3.29. The maximum absolute atomic E-state index is 12.0. The van der Waals surface area contributed by atoms with Crippen molar-refractivity contribution in [3.63, 3.8) is 0 Å². The molecule has 0 fully saturated rings. The number of nitrogens with zero attached hydrogens (tertiary/aromatic N) is 3. The molecule has 0 amide bonds. The molecule has 2 aromatic heterocycles. The molecule has 6 nitrogen and oxygen atoms in total. The highest BCUT2D eigenvalue weighted by Gasteiger charge is 2.13. The van der Waals surface area contributed by atoms with E-state index in [0.29, 0.717) is 28.3 Å². The number of carbonyl (C=O) groups excluding carboxylic acids is 1. The molecule has 3 rings (SSSR count). The standard InChI is InChI=1S/C18H18ClN3O3S/c1-11(2)6-15-21-16(25-22-15)9-24-17(23)8-14-10-26-18(20-14)12-4-3-5-13(19)7-12/h3-5,7,10-11H,6,8-9H2,1-2H3. The van der Waals surface area contributed by atoms with E-state index in [2.05, 4.69) is 29.0 Å². The molecule has 0 N–H and O–H groups in total. The second kappa shape index (κ2) is 8.42. The van der Waals surface area contributed by atoms with Gasteiger partial charge < -0.3 is 9.26 Å². The van der Waals surface area contributed by atoms with Crippen LogP contribution in [0.3, 0.4) is 0 Å². The third-order valence-electron chi connectivity index (χ3n) is 3.41. The third kappa shape index (κ3) is 5.12. The average molecular weight is 392 g/mol. The number of carbonyl (C=O) groups is 1. The zero-order valence-electron chi connectivity index (χ0n) is 14.4. The number of esters is 1. The average Bonchev–Trinajstić information content (AvgIpc) is 3.22. The van der Waals surface area contributed by atoms with Crippen LogP contribution in [0.5, 0.6) is 0 Å². The van der Waals surface area contributed by atoms with Crippen LogP contribution in [0.25, 0.3) is 10.6 Å². The van der Waals surface area contributed by atoms with E-state index in [-0.39, 0.29) is 13.0 Å². The molecule has 0 spiro atoms. The van der Waals surface area contributed by atoms with Crippen molar-refractivity contribution in [1.29, 1.82) is 0 Å². The van der Waals surface area contributed by atoms with Gasteiger partial charge in [-0.05, 0) is 18.1 Å². The van der Waals surface area contributed by atoms with Gasteiger partial charge in [0.05, 0.1) is 12.1 Å². The zero-order valence-corrected chi connectivity index (χ0v) is 16.0. The maximum Gasteiger partial charge on any atom is 0.312 e. The lowest BCUT2D eigenvalue weighted by Crippen LogP contribution is -2.08. The predicted octanol–water partition coefficient (Wildman–Crippen LogP) is 4.33. The highest BCUT2D eigenvalue weighted by Crippen LogP contribution is 2.26. The van der Waals surface area contributed by atoms with E-state index in [0.717, 1.165) is 17.0 Å². The summed E-state index contributed by atoms with van der Waals surface area (Å²) in [6.07, 6.45) is 0.812. The molecule has 0 aliphatic heterocycles. The number of rotatable bonds is 7. The summed E-state index contributed by atoms with van der Waals surface area (Å²) in [5.74, 6) is 0.960. The van der Waals surface area contributed by atoms with Crippen molar-refractivity contribution >= 4 is 28.9 Å². The van der Waals surface area contributed by atoms with Gasteiger partial charge in [0.2, 0.25) is 0 Å². The lowest BCUT2D eigenvalue weighted by Gasteiger charge is -2.00. The highest BCUT2D eigenvalue weighted by molar-refractivity contribution is 7.13. The van der Waals surface area contributed by atoms with E-state index in [9.17, 15) is 4.79 Å². The van der Waals surface area contributed by atoms with E-state index in [1.807, 2.05) is 23.6 Å². The second-order valence-corrected chi connectivity index (χ2v) is 7.49. The topological polar surface area (TPSA) is 78.1 Å². The van der Waals surface area contributed by atoms with Crippen molar-refractivity contribution < 1.29 is 14.1 Å². The lowest BCUT2D eigenvalue weighted by atomic mass is 10.1. The van der Waals surface area contributed by atoms with Crippen molar-refractivity contribution in [3.05, 3.63) is 52.1 Å². The Morgan fingerprint density at radius 2 is 2.19 bits per heavy atom. The predicted molar refractivity (Wildman–Crippen MR) is 98.9 cm³/mol. The Hall–Kier alpha value is -2.25. The highest BCUT2D eigenvalue weighted by atomic mass is 35.5. The summed E-state index contributed by atoms with van der Waals surface area (Å²) in [6, 6.07) is 7.44. The van der Waals surface area contributed by atoms with Gasteiger partial charge in [-0.2, -0.15) is 4.98 Å². The number of benzene rings is 1. The molecule has 26 heavy (non-hydrogen) atoms. The molecule has 1 aromatic carbocycles. The van der Waals surface area contributed by atoms with Gasteiger partial charge in [-0.1, -0.05) is 42.7 Å². The Labute approximate surface area is 160 Å². The number of aromatic nitrogens is 3. The fraction of sp³-hybridized carbons (Fsp3) is 0.333. The largest absolute Gasteiger partial charge is 0.455 e. The molecule has 2 heterocycles. The Bertz CT molecular complexity index is 891. The van der Waals surface area contributed by atoms with Gasteiger partial charge in [-0.25, -0.2) is 4.98 Å². The Balaban J connectivity index is 1.53. The van der Waals surface area contributed by atoms with Crippen molar-refractivity contribution in [2.75, 3.05) is 0 Å². The van der Waals surface area contributed by atoms with Gasteiger partial charge in [0, 0.05) is 22.4 Å². The van der Waals surface area contributed by atoms with Gasteiger partial charge in [-0.3, -0.25) is 4.79 Å². The molecule has 0 bridgehead atoms.